The van der Waals surface area contributed by atoms with Crippen LogP contribution in [-0.4, -0.2) is 44.3 Å². The summed E-state index contributed by atoms with van der Waals surface area (Å²) in [5.74, 6) is -0.747. The van der Waals surface area contributed by atoms with E-state index in [0.29, 0.717) is 12.2 Å². The van der Waals surface area contributed by atoms with Gasteiger partial charge in [-0.3, -0.25) is 13.9 Å². The quantitative estimate of drug-likeness (QED) is 0.384. The molecule has 0 unspecified atom stereocenters. The topological polar surface area (TPSA) is 86.8 Å². The van der Waals surface area contributed by atoms with Gasteiger partial charge in [-0.15, -0.1) is 0 Å². The van der Waals surface area contributed by atoms with Crippen LogP contribution in [0.1, 0.15) is 42.5 Å². The molecule has 38 heavy (non-hydrogen) atoms. The van der Waals surface area contributed by atoms with E-state index in [-0.39, 0.29) is 17.3 Å². The molecule has 1 N–H and O–H groups in total. The molecule has 3 aromatic rings. The van der Waals surface area contributed by atoms with Gasteiger partial charge in [0.05, 0.1) is 10.6 Å². The smallest absolute Gasteiger partial charge is 0.264 e. The lowest BCUT2D eigenvalue weighted by Gasteiger charge is -2.32. The third kappa shape index (κ3) is 7.01. The molecule has 0 spiro atoms. The molecule has 0 heterocycles. The van der Waals surface area contributed by atoms with Gasteiger partial charge in [-0.1, -0.05) is 55.5 Å². The van der Waals surface area contributed by atoms with Crippen LogP contribution >= 0.6 is 0 Å². The highest BCUT2D eigenvalue weighted by Gasteiger charge is 2.32. The Kier molecular flexibility index (Phi) is 9.69. The van der Waals surface area contributed by atoms with Crippen LogP contribution < -0.4 is 9.62 Å². The molecule has 0 aliphatic rings. The monoisotopic (exact) mass is 535 g/mol. The molecule has 0 aromatic heterocycles. The lowest BCUT2D eigenvalue weighted by Crippen LogP contribution is -2.51. The molecule has 0 saturated carbocycles. The second-order valence-electron chi connectivity index (χ2n) is 9.59. The number of aryl methyl sites for hydroxylation is 3. The SMILES string of the molecule is CCCNC(=O)[C@@H](C)N(Cc1ccccc1C)C(=O)CN(c1cc(C)cc(C)c1)S(=O)(=O)c1ccccc1. The normalized spacial score (nSPS) is 12.0. The molecular formula is C30H37N3O4S. The van der Waals surface area contributed by atoms with Crippen LogP contribution in [0.3, 0.4) is 0 Å². The lowest BCUT2D eigenvalue weighted by atomic mass is 10.1. The third-order valence-corrected chi connectivity index (χ3v) is 8.21. The fraction of sp³-hybridized carbons (Fsp3) is 0.333. The van der Waals surface area contributed by atoms with Crippen molar-refractivity contribution in [1.82, 2.24) is 10.2 Å². The largest absolute Gasteiger partial charge is 0.354 e. The van der Waals surface area contributed by atoms with Crippen molar-refractivity contribution in [3.63, 3.8) is 0 Å². The van der Waals surface area contributed by atoms with Crippen molar-refractivity contribution in [2.45, 2.75) is 58.5 Å². The number of carbonyl (C=O) groups is 2. The van der Waals surface area contributed by atoms with E-state index in [1.807, 2.05) is 58.0 Å². The van der Waals surface area contributed by atoms with Gasteiger partial charge in [0.25, 0.3) is 10.0 Å². The van der Waals surface area contributed by atoms with E-state index < -0.39 is 28.5 Å². The summed E-state index contributed by atoms with van der Waals surface area (Å²) in [6.45, 7) is 9.57. The summed E-state index contributed by atoms with van der Waals surface area (Å²) in [6, 6.07) is 20.4. The number of hydrogen-bond acceptors (Lipinski definition) is 4. The maximum atomic E-state index is 13.9. The molecule has 0 fully saturated rings. The minimum absolute atomic E-state index is 0.0890. The standard InChI is InChI=1S/C30H37N3O4S/c1-6-16-31-30(35)25(5)32(20-26-13-11-10-12-24(26)4)29(34)21-33(27-18-22(2)17-23(3)19-27)38(36,37)28-14-8-7-9-15-28/h7-15,17-19,25H,6,16,20-21H2,1-5H3,(H,31,35)/t25-/m1/s1. The van der Waals surface area contributed by atoms with Gasteiger partial charge < -0.3 is 10.2 Å². The number of nitrogens with one attached hydrogen (secondary N) is 1. The number of amides is 2. The minimum Gasteiger partial charge on any atom is -0.354 e. The van der Waals surface area contributed by atoms with Gasteiger partial charge in [-0.25, -0.2) is 8.42 Å². The summed E-state index contributed by atoms with van der Waals surface area (Å²) >= 11 is 0. The molecule has 7 nitrogen and oxygen atoms in total. The van der Waals surface area contributed by atoms with Crippen molar-refractivity contribution in [3.8, 4) is 0 Å². The number of nitrogens with zero attached hydrogens (tertiary/aromatic N) is 2. The average molecular weight is 536 g/mol. The van der Waals surface area contributed by atoms with E-state index >= 15 is 0 Å². The molecule has 3 aromatic carbocycles. The molecule has 0 aliphatic heterocycles. The Hall–Kier alpha value is -3.65. The number of anilines is 1. The molecule has 8 heteroatoms. The van der Waals surface area contributed by atoms with Crippen LogP contribution in [0.25, 0.3) is 0 Å². The van der Waals surface area contributed by atoms with E-state index in [9.17, 15) is 18.0 Å². The molecule has 0 aliphatic carbocycles. The van der Waals surface area contributed by atoms with Gasteiger partial charge in [-0.05, 0) is 80.6 Å². The first-order valence-electron chi connectivity index (χ1n) is 12.8. The van der Waals surface area contributed by atoms with Crippen molar-refractivity contribution in [1.29, 1.82) is 0 Å². The van der Waals surface area contributed by atoms with E-state index in [2.05, 4.69) is 5.32 Å². The highest BCUT2D eigenvalue weighted by Crippen LogP contribution is 2.26. The molecule has 3 rings (SSSR count). The molecule has 1 atom stereocenters. The highest BCUT2D eigenvalue weighted by atomic mass is 32.2. The Morgan fingerprint density at radius 3 is 2.11 bits per heavy atom. The Balaban J connectivity index is 2.05. The van der Waals surface area contributed by atoms with Crippen LogP contribution in [0, 0.1) is 20.8 Å². The molecule has 2 amide bonds. The van der Waals surface area contributed by atoms with Gasteiger partial charge in [0.15, 0.2) is 0 Å². The summed E-state index contributed by atoms with van der Waals surface area (Å²) in [5.41, 5.74) is 4.03. The van der Waals surface area contributed by atoms with Gasteiger partial charge in [-0.2, -0.15) is 0 Å². The number of carbonyl (C=O) groups excluding carboxylic acids is 2. The fourth-order valence-corrected chi connectivity index (χ4v) is 5.71. The van der Waals surface area contributed by atoms with Crippen LogP contribution in [-0.2, 0) is 26.2 Å². The molecule has 202 valence electrons. The maximum Gasteiger partial charge on any atom is 0.264 e. The maximum absolute atomic E-state index is 13.9. The van der Waals surface area contributed by atoms with Crippen LogP contribution in [0.5, 0.6) is 0 Å². The third-order valence-electron chi connectivity index (χ3n) is 6.42. The zero-order valence-corrected chi connectivity index (χ0v) is 23.6. The second-order valence-corrected chi connectivity index (χ2v) is 11.4. The zero-order chi connectivity index (χ0) is 27.9. The average Bonchev–Trinajstić information content (AvgIpc) is 2.89. The summed E-state index contributed by atoms with van der Waals surface area (Å²) < 4.78 is 28.8. The number of benzene rings is 3. The predicted octanol–water partition coefficient (Wildman–Crippen LogP) is 4.75. The number of hydrogen-bond donors (Lipinski definition) is 1. The Labute approximate surface area is 226 Å². The van der Waals surface area contributed by atoms with Crippen molar-refractivity contribution < 1.29 is 18.0 Å². The molecular weight excluding hydrogens is 498 g/mol. The lowest BCUT2D eigenvalue weighted by molar-refractivity contribution is -0.139. The van der Waals surface area contributed by atoms with Crippen molar-refractivity contribution >= 4 is 27.5 Å². The van der Waals surface area contributed by atoms with Gasteiger partial charge in [0, 0.05) is 13.1 Å². The first-order valence-corrected chi connectivity index (χ1v) is 14.3. The summed E-state index contributed by atoms with van der Waals surface area (Å²) in [4.78, 5) is 28.5. The van der Waals surface area contributed by atoms with Crippen molar-refractivity contribution in [2.75, 3.05) is 17.4 Å². The van der Waals surface area contributed by atoms with Crippen LogP contribution in [0.2, 0.25) is 0 Å². The van der Waals surface area contributed by atoms with E-state index in [1.165, 1.54) is 17.0 Å². The second kappa shape index (κ2) is 12.7. The van der Waals surface area contributed by atoms with E-state index in [1.54, 1.807) is 37.3 Å². The van der Waals surface area contributed by atoms with E-state index in [0.717, 1.165) is 33.0 Å². The Morgan fingerprint density at radius 1 is 0.895 bits per heavy atom. The Bertz CT molecular complexity index is 1350. The molecule has 0 saturated heterocycles. The highest BCUT2D eigenvalue weighted by molar-refractivity contribution is 7.92. The van der Waals surface area contributed by atoms with Gasteiger partial charge in [0.1, 0.15) is 12.6 Å². The zero-order valence-electron chi connectivity index (χ0n) is 22.8. The first-order chi connectivity index (χ1) is 18.0. The summed E-state index contributed by atoms with van der Waals surface area (Å²) in [7, 11) is -4.07. The Morgan fingerprint density at radius 2 is 1.50 bits per heavy atom. The summed E-state index contributed by atoms with van der Waals surface area (Å²) in [6.07, 6.45) is 0.764. The fourth-order valence-electron chi connectivity index (χ4n) is 4.29. The molecule has 0 radical (unpaired) electrons. The minimum atomic E-state index is -4.07. The van der Waals surface area contributed by atoms with Crippen LogP contribution in [0.4, 0.5) is 5.69 Å². The summed E-state index contributed by atoms with van der Waals surface area (Å²) in [5, 5.41) is 2.86. The van der Waals surface area contributed by atoms with Crippen molar-refractivity contribution in [3.05, 3.63) is 95.1 Å². The van der Waals surface area contributed by atoms with Gasteiger partial charge in [0.2, 0.25) is 11.8 Å². The van der Waals surface area contributed by atoms with Crippen LogP contribution in [0.15, 0.2) is 77.7 Å². The van der Waals surface area contributed by atoms with Crippen molar-refractivity contribution in [2.24, 2.45) is 0 Å². The predicted molar refractivity (Wildman–Crippen MR) is 151 cm³/mol. The number of sulfonamides is 1. The number of rotatable bonds is 11. The van der Waals surface area contributed by atoms with Gasteiger partial charge >= 0.3 is 0 Å². The van der Waals surface area contributed by atoms with E-state index in [4.69, 9.17) is 0 Å². The first kappa shape index (κ1) is 28.9. The molecule has 0 bridgehead atoms.